The van der Waals surface area contributed by atoms with Crippen molar-refractivity contribution in [2.45, 2.75) is 23.8 Å². The Bertz CT molecular complexity index is 478. The van der Waals surface area contributed by atoms with E-state index in [1.807, 2.05) is 18.4 Å². The Hall–Kier alpha value is -1.50. The van der Waals surface area contributed by atoms with E-state index in [1.54, 1.807) is 38.3 Å². The van der Waals surface area contributed by atoms with E-state index < -0.39 is 6.09 Å². The van der Waals surface area contributed by atoms with Gasteiger partial charge in [-0.3, -0.25) is 9.40 Å². The van der Waals surface area contributed by atoms with Crippen molar-refractivity contribution in [1.82, 2.24) is 14.5 Å². The predicted molar refractivity (Wildman–Crippen MR) is 65.2 cm³/mol. The van der Waals surface area contributed by atoms with Crippen LogP contribution in [0.1, 0.15) is 13.8 Å². The minimum atomic E-state index is -0.494. The zero-order chi connectivity index (χ0) is 12.6. The maximum absolute atomic E-state index is 11.3. The quantitative estimate of drug-likeness (QED) is 0.564. The molecule has 1 aromatic heterocycles. The second-order valence-electron chi connectivity index (χ2n) is 4.36. The molecule has 0 saturated heterocycles. The Morgan fingerprint density at radius 1 is 1.59 bits per heavy atom. The third-order valence-corrected chi connectivity index (χ3v) is 3.47. The molecule has 7 heteroatoms. The molecule has 17 heavy (non-hydrogen) atoms. The second-order valence-corrected chi connectivity index (χ2v) is 5.95. The molecule has 2 rings (SSSR count). The molecule has 0 spiro atoms. The van der Waals surface area contributed by atoms with Crippen molar-refractivity contribution in [3.8, 4) is 0 Å². The number of hydrogen-bond donors (Lipinski definition) is 0. The molecular weight excluding hydrogens is 240 g/mol. The molecular formula is C10H14N4O2S. The molecule has 0 saturated carbocycles. The predicted octanol–water partition coefficient (Wildman–Crippen LogP) is 1.63. The van der Waals surface area contributed by atoms with E-state index >= 15 is 0 Å². The number of thioether (sulfide) groups is 1. The van der Waals surface area contributed by atoms with Crippen molar-refractivity contribution in [3.05, 3.63) is 12.4 Å². The van der Waals surface area contributed by atoms with Crippen LogP contribution in [0.4, 0.5) is 4.79 Å². The number of aromatic nitrogens is 2. The van der Waals surface area contributed by atoms with E-state index in [1.165, 1.54) is 4.90 Å². The summed E-state index contributed by atoms with van der Waals surface area (Å²) < 4.78 is 1.57. The third kappa shape index (κ3) is 2.14. The van der Waals surface area contributed by atoms with Gasteiger partial charge in [0.15, 0.2) is 11.0 Å². The van der Waals surface area contributed by atoms with Gasteiger partial charge >= 0.3 is 6.09 Å². The van der Waals surface area contributed by atoms with Crippen molar-refractivity contribution in [1.29, 1.82) is 0 Å². The normalized spacial score (nSPS) is 19.2. The Labute approximate surface area is 104 Å². The molecule has 1 aliphatic heterocycles. The van der Waals surface area contributed by atoms with Crippen molar-refractivity contribution < 1.29 is 9.63 Å². The lowest BCUT2D eigenvalue weighted by molar-refractivity contribution is 0.121. The molecule has 0 aromatic carbocycles. The van der Waals surface area contributed by atoms with Crippen molar-refractivity contribution in [2.75, 3.05) is 14.1 Å². The minimum absolute atomic E-state index is 0.254. The van der Waals surface area contributed by atoms with E-state index in [2.05, 4.69) is 10.1 Å². The highest BCUT2D eigenvalue weighted by Gasteiger charge is 2.38. The minimum Gasteiger partial charge on any atom is -0.312 e. The number of rotatable bonds is 1. The van der Waals surface area contributed by atoms with E-state index in [0.717, 1.165) is 5.16 Å². The largest absolute Gasteiger partial charge is 0.435 e. The molecule has 0 aliphatic carbocycles. The topological polar surface area (TPSA) is 59.7 Å². The number of oxime groups is 1. The van der Waals surface area contributed by atoms with E-state index in [9.17, 15) is 4.79 Å². The van der Waals surface area contributed by atoms with Crippen LogP contribution in [-0.4, -0.2) is 45.2 Å². The van der Waals surface area contributed by atoms with Crippen LogP contribution in [0.2, 0.25) is 0 Å². The fraction of sp³-hybridized carbons (Fsp3) is 0.500. The first-order valence-corrected chi connectivity index (χ1v) is 5.93. The van der Waals surface area contributed by atoms with Gasteiger partial charge in [0, 0.05) is 26.5 Å². The van der Waals surface area contributed by atoms with Gasteiger partial charge in [-0.2, -0.15) is 0 Å². The highest BCUT2D eigenvalue weighted by molar-refractivity contribution is 8.01. The highest BCUT2D eigenvalue weighted by atomic mass is 32.2. The molecule has 92 valence electrons. The van der Waals surface area contributed by atoms with Gasteiger partial charge in [0.25, 0.3) is 0 Å². The number of fused-ring (bicyclic) bond motifs is 1. The summed E-state index contributed by atoms with van der Waals surface area (Å²) in [5.74, 6) is 0.671. The van der Waals surface area contributed by atoms with Crippen molar-refractivity contribution in [3.63, 3.8) is 0 Å². The second kappa shape index (κ2) is 4.06. The van der Waals surface area contributed by atoms with Gasteiger partial charge in [-0.25, -0.2) is 9.78 Å². The average molecular weight is 254 g/mol. The number of hydrogen-bond acceptors (Lipinski definition) is 5. The van der Waals surface area contributed by atoms with Crippen molar-refractivity contribution in [2.24, 2.45) is 5.16 Å². The van der Waals surface area contributed by atoms with Crippen LogP contribution in [0.25, 0.3) is 0 Å². The molecule has 1 aromatic rings. The fourth-order valence-electron chi connectivity index (χ4n) is 1.41. The number of amides is 1. The van der Waals surface area contributed by atoms with Crippen LogP contribution in [0.3, 0.4) is 0 Å². The first-order chi connectivity index (χ1) is 7.92. The van der Waals surface area contributed by atoms with Gasteiger partial charge in [-0.15, -0.1) is 0 Å². The lowest BCUT2D eigenvalue weighted by atomic mass is 10.2. The van der Waals surface area contributed by atoms with Gasteiger partial charge in [-0.05, 0) is 13.8 Å². The van der Waals surface area contributed by atoms with Gasteiger partial charge in [0.1, 0.15) is 0 Å². The summed E-state index contributed by atoms with van der Waals surface area (Å²) in [4.78, 5) is 21.7. The summed E-state index contributed by atoms with van der Waals surface area (Å²) in [5, 5.41) is 4.79. The van der Waals surface area contributed by atoms with Crippen LogP contribution in [0.15, 0.2) is 22.7 Å². The molecule has 0 unspecified atom stereocenters. The molecule has 0 fully saturated rings. The van der Waals surface area contributed by atoms with Crippen LogP contribution in [-0.2, 0) is 4.84 Å². The van der Waals surface area contributed by atoms with Gasteiger partial charge in [-0.1, -0.05) is 16.9 Å². The summed E-state index contributed by atoms with van der Waals surface area (Å²) in [6, 6.07) is 0. The van der Waals surface area contributed by atoms with Crippen molar-refractivity contribution >= 4 is 23.7 Å². The number of carbonyl (C=O) groups excluding carboxylic acids is 1. The summed E-state index contributed by atoms with van der Waals surface area (Å²) >= 11 is 1.58. The first-order valence-electron chi connectivity index (χ1n) is 5.11. The molecule has 0 atom stereocenters. The van der Waals surface area contributed by atoms with Crippen LogP contribution < -0.4 is 0 Å². The van der Waals surface area contributed by atoms with E-state index in [-0.39, 0.29) is 4.75 Å². The molecule has 0 radical (unpaired) electrons. The third-order valence-electron chi connectivity index (χ3n) is 2.30. The lowest BCUT2D eigenvalue weighted by Gasteiger charge is -2.16. The van der Waals surface area contributed by atoms with Gasteiger partial charge in [0.05, 0.1) is 4.75 Å². The Kier molecular flexibility index (Phi) is 2.86. The SMILES string of the molecule is CN(C)C(=O)ON=C1n2ccnc2SC1(C)C. The molecule has 0 N–H and O–H groups in total. The number of imidazole rings is 1. The molecule has 1 amide bonds. The Morgan fingerprint density at radius 3 is 2.94 bits per heavy atom. The monoisotopic (exact) mass is 254 g/mol. The maximum atomic E-state index is 11.3. The fourth-order valence-corrected chi connectivity index (χ4v) is 2.45. The zero-order valence-corrected chi connectivity index (χ0v) is 11.0. The molecule has 2 heterocycles. The summed E-state index contributed by atoms with van der Waals surface area (Å²) in [7, 11) is 3.22. The highest BCUT2D eigenvalue weighted by Crippen LogP contribution is 2.39. The summed E-state index contributed by atoms with van der Waals surface area (Å²) in [6.07, 6.45) is 3.01. The van der Waals surface area contributed by atoms with E-state index in [0.29, 0.717) is 5.84 Å². The Balaban J connectivity index is 2.25. The number of carbonyl (C=O) groups is 1. The van der Waals surface area contributed by atoms with Gasteiger partial charge < -0.3 is 4.90 Å². The Morgan fingerprint density at radius 2 is 2.29 bits per heavy atom. The van der Waals surface area contributed by atoms with Crippen LogP contribution in [0.5, 0.6) is 0 Å². The zero-order valence-electron chi connectivity index (χ0n) is 10.2. The molecule has 0 bridgehead atoms. The molecule has 1 aliphatic rings. The summed E-state index contributed by atoms with van der Waals surface area (Å²) in [6.45, 7) is 4.02. The van der Waals surface area contributed by atoms with Gasteiger partial charge in [0.2, 0.25) is 0 Å². The lowest BCUT2D eigenvalue weighted by Crippen LogP contribution is -2.29. The smallest absolute Gasteiger partial charge is 0.312 e. The number of nitrogens with zero attached hydrogens (tertiary/aromatic N) is 4. The standard InChI is InChI=1S/C10H14N4O2S/c1-10(2)7(12-16-9(15)13(3)4)14-6-5-11-8(14)17-10/h5-6H,1-4H3. The first kappa shape index (κ1) is 12.0. The average Bonchev–Trinajstić information content (AvgIpc) is 2.72. The van der Waals surface area contributed by atoms with Crippen LogP contribution in [0, 0.1) is 0 Å². The molecule has 6 nitrogen and oxygen atoms in total. The van der Waals surface area contributed by atoms with Crippen LogP contribution >= 0.6 is 11.8 Å². The van der Waals surface area contributed by atoms with E-state index in [4.69, 9.17) is 4.84 Å². The maximum Gasteiger partial charge on any atom is 0.435 e. The summed E-state index contributed by atoms with van der Waals surface area (Å²) in [5.41, 5.74) is 0.